The first-order valence-electron chi connectivity index (χ1n) is 4.37. The average Bonchev–Trinajstić information content (AvgIpc) is 2.30. The van der Waals surface area contributed by atoms with Gasteiger partial charge in [0.25, 0.3) is 0 Å². The maximum absolute atomic E-state index is 5.83. The van der Waals surface area contributed by atoms with E-state index in [1.165, 1.54) is 0 Å². The van der Waals surface area contributed by atoms with Crippen molar-refractivity contribution in [3.05, 3.63) is 17.5 Å². The number of aryl methyl sites for hydroxylation is 2. The van der Waals surface area contributed by atoms with Crippen molar-refractivity contribution in [1.29, 1.82) is 0 Å². The maximum atomic E-state index is 5.83. The predicted molar refractivity (Wildman–Crippen MR) is 51.5 cm³/mol. The SMILES string of the molecule is COCC(N)Cc1cc(C)nn1C. The van der Waals surface area contributed by atoms with Crippen molar-refractivity contribution in [1.82, 2.24) is 9.78 Å². The van der Waals surface area contributed by atoms with Gasteiger partial charge >= 0.3 is 0 Å². The second-order valence-electron chi connectivity index (χ2n) is 3.32. The minimum atomic E-state index is 0.0554. The molecule has 4 heteroatoms. The van der Waals surface area contributed by atoms with E-state index in [4.69, 9.17) is 10.5 Å². The van der Waals surface area contributed by atoms with Gasteiger partial charge in [-0.05, 0) is 13.0 Å². The maximum Gasteiger partial charge on any atom is 0.0617 e. The van der Waals surface area contributed by atoms with Crippen molar-refractivity contribution in [3.8, 4) is 0 Å². The molecule has 1 atom stereocenters. The normalized spacial score (nSPS) is 13.2. The van der Waals surface area contributed by atoms with Gasteiger partial charge in [0.15, 0.2) is 0 Å². The van der Waals surface area contributed by atoms with E-state index in [0.29, 0.717) is 6.61 Å². The van der Waals surface area contributed by atoms with Crippen LogP contribution in [0.25, 0.3) is 0 Å². The number of nitrogens with two attached hydrogens (primary N) is 1. The monoisotopic (exact) mass is 183 g/mol. The van der Waals surface area contributed by atoms with Crippen molar-refractivity contribution in [2.75, 3.05) is 13.7 Å². The molecular weight excluding hydrogens is 166 g/mol. The Morgan fingerprint density at radius 3 is 2.85 bits per heavy atom. The Balaban J connectivity index is 2.57. The molecule has 1 rings (SSSR count). The fourth-order valence-corrected chi connectivity index (χ4v) is 1.40. The van der Waals surface area contributed by atoms with Crippen LogP contribution in [0, 0.1) is 6.92 Å². The van der Waals surface area contributed by atoms with E-state index >= 15 is 0 Å². The third-order valence-corrected chi connectivity index (χ3v) is 1.95. The number of methoxy groups -OCH3 is 1. The first-order chi connectivity index (χ1) is 6.13. The number of nitrogens with zero attached hydrogens (tertiary/aromatic N) is 2. The molecule has 74 valence electrons. The predicted octanol–water partition coefficient (Wildman–Crippen LogP) is 0.245. The molecule has 1 aromatic heterocycles. The lowest BCUT2D eigenvalue weighted by molar-refractivity contribution is 0.179. The highest BCUT2D eigenvalue weighted by Gasteiger charge is 2.07. The number of aromatic nitrogens is 2. The van der Waals surface area contributed by atoms with E-state index in [1.807, 2.05) is 18.7 Å². The number of hydrogen-bond acceptors (Lipinski definition) is 3. The zero-order valence-electron chi connectivity index (χ0n) is 8.45. The summed E-state index contributed by atoms with van der Waals surface area (Å²) in [4.78, 5) is 0. The van der Waals surface area contributed by atoms with Crippen molar-refractivity contribution in [2.45, 2.75) is 19.4 Å². The van der Waals surface area contributed by atoms with Crippen LogP contribution in [0.4, 0.5) is 0 Å². The van der Waals surface area contributed by atoms with Gasteiger partial charge in [-0.3, -0.25) is 4.68 Å². The Hall–Kier alpha value is -0.870. The Morgan fingerprint density at radius 1 is 1.69 bits per heavy atom. The molecule has 13 heavy (non-hydrogen) atoms. The van der Waals surface area contributed by atoms with Crippen LogP contribution in [0.2, 0.25) is 0 Å². The van der Waals surface area contributed by atoms with Gasteiger partial charge < -0.3 is 10.5 Å². The van der Waals surface area contributed by atoms with Gasteiger partial charge in [-0.1, -0.05) is 0 Å². The van der Waals surface area contributed by atoms with Gasteiger partial charge in [0, 0.05) is 32.3 Å². The molecule has 1 heterocycles. The van der Waals surface area contributed by atoms with E-state index < -0.39 is 0 Å². The summed E-state index contributed by atoms with van der Waals surface area (Å²) in [5.41, 5.74) is 8.01. The molecule has 0 saturated carbocycles. The molecule has 1 aromatic rings. The quantitative estimate of drug-likeness (QED) is 0.727. The van der Waals surface area contributed by atoms with Crippen molar-refractivity contribution in [3.63, 3.8) is 0 Å². The molecule has 0 aromatic carbocycles. The summed E-state index contributed by atoms with van der Waals surface area (Å²) in [5.74, 6) is 0. The second-order valence-corrected chi connectivity index (χ2v) is 3.32. The molecule has 0 bridgehead atoms. The molecule has 0 aliphatic carbocycles. The van der Waals surface area contributed by atoms with E-state index in [9.17, 15) is 0 Å². The Kier molecular flexibility index (Phi) is 3.45. The Morgan fingerprint density at radius 2 is 2.38 bits per heavy atom. The van der Waals surface area contributed by atoms with Crippen LogP contribution in [-0.2, 0) is 18.2 Å². The molecule has 0 spiro atoms. The molecular formula is C9H17N3O. The third kappa shape index (κ3) is 2.82. The summed E-state index contributed by atoms with van der Waals surface area (Å²) in [5, 5.41) is 4.24. The van der Waals surface area contributed by atoms with Crippen molar-refractivity contribution >= 4 is 0 Å². The minimum Gasteiger partial charge on any atom is -0.383 e. The molecule has 1 unspecified atom stereocenters. The van der Waals surface area contributed by atoms with Gasteiger partial charge in [0.05, 0.1) is 12.3 Å². The molecule has 0 radical (unpaired) electrons. The third-order valence-electron chi connectivity index (χ3n) is 1.95. The Labute approximate surface area is 78.7 Å². The minimum absolute atomic E-state index is 0.0554. The van der Waals surface area contributed by atoms with Gasteiger partial charge in [-0.25, -0.2) is 0 Å². The van der Waals surface area contributed by atoms with Crippen LogP contribution in [0.3, 0.4) is 0 Å². The molecule has 2 N–H and O–H groups in total. The van der Waals surface area contributed by atoms with Gasteiger partial charge in [0.2, 0.25) is 0 Å². The topological polar surface area (TPSA) is 53.1 Å². The van der Waals surface area contributed by atoms with Gasteiger partial charge in [-0.15, -0.1) is 0 Å². The summed E-state index contributed by atoms with van der Waals surface area (Å²) in [6, 6.07) is 2.11. The smallest absolute Gasteiger partial charge is 0.0617 e. The lowest BCUT2D eigenvalue weighted by Gasteiger charge is -2.09. The second kappa shape index (κ2) is 4.39. The number of ether oxygens (including phenoxy) is 1. The van der Waals surface area contributed by atoms with Crippen LogP contribution in [0.1, 0.15) is 11.4 Å². The average molecular weight is 183 g/mol. The summed E-state index contributed by atoms with van der Waals surface area (Å²) in [6.07, 6.45) is 0.811. The zero-order valence-corrected chi connectivity index (χ0v) is 8.45. The van der Waals surface area contributed by atoms with Crippen LogP contribution in [0.15, 0.2) is 6.07 Å². The van der Waals surface area contributed by atoms with Crippen LogP contribution in [0.5, 0.6) is 0 Å². The first-order valence-corrected chi connectivity index (χ1v) is 4.37. The van der Waals surface area contributed by atoms with Gasteiger partial charge in [0.1, 0.15) is 0 Å². The molecule has 0 aliphatic heterocycles. The number of rotatable bonds is 4. The highest BCUT2D eigenvalue weighted by Crippen LogP contribution is 2.04. The van der Waals surface area contributed by atoms with E-state index in [2.05, 4.69) is 11.2 Å². The van der Waals surface area contributed by atoms with E-state index in [0.717, 1.165) is 17.8 Å². The standard InChI is InChI=1S/C9H17N3O/c1-7-4-9(12(2)11-7)5-8(10)6-13-3/h4,8H,5-6,10H2,1-3H3. The first kappa shape index (κ1) is 10.2. The lowest BCUT2D eigenvalue weighted by Crippen LogP contribution is -2.28. The van der Waals surface area contributed by atoms with Crippen molar-refractivity contribution < 1.29 is 4.74 Å². The summed E-state index contributed by atoms with van der Waals surface area (Å²) in [6.45, 7) is 2.57. The molecule has 0 saturated heterocycles. The van der Waals surface area contributed by atoms with Crippen LogP contribution >= 0.6 is 0 Å². The van der Waals surface area contributed by atoms with Crippen LogP contribution < -0.4 is 5.73 Å². The molecule has 0 amide bonds. The molecule has 0 aliphatic rings. The number of hydrogen-bond donors (Lipinski definition) is 1. The highest BCUT2D eigenvalue weighted by molar-refractivity contribution is 5.09. The fourth-order valence-electron chi connectivity index (χ4n) is 1.40. The molecule has 0 fully saturated rings. The van der Waals surface area contributed by atoms with E-state index in [-0.39, 0.29) is 6.04 Å². The largest absolute Gasteiger partial charge is 0.383 e. The Bertz CT molecular complexity index is 270. The van der Waals surface area contributed by atoms with Gasteiger partial charge in [-0.2, -0.15) is 5.10 Å². The molecule has 4 nitrogen and oxygen atoms in total. The fraction of sp³-hybridized carbons (Fsp3) is 0.667. The zero-order chi connectivity index (χ0) is 9.84. The summed E-state index contributed by atoms with van der Waals surface area (Å²) >= 11 is 0. The van der Waals surface area contributed by atoms with E-state index in [1.54, 1.807) is 7.11 Å². The highest BCUT2D eigenvalue weighted by atomic mass is 16.5. The van der Waals surface area contributed by atoms with Crippen LogP contribution in [-0.4, -0.2) is 29.5 Å². The van der Waals surface area contributed by atoms with Crippen molar-refractivity contribution in [2.24, 2.45) is 12.8 Å². The summed E-state index contributed by atoms with van der Waals surface area (Å²) in [7, 11) is 3.59. The lowest BCUT2D eigenvalue weighted by atomic mass is 10.2. The summed E-state index contributed by atoms with van der Waals surface area (Å²) < 4.78 is 6.83.